The Morgan fingerprint density at radius 2 is 1.97 bits per heavy atom. The van der Waals surface area contributed by atoms with Gasteiger partial charge in [0, 0.05) is 36.7 Å². The van der Waals surface area contributed by atoms with Gasteiger partial charge in [-0.15, -0.1) is 0 Å². The number of amides is 1. The Kier molecular flexibility index (Phi) is 7.13. The van der Waals surface area contributed by atoms with Crippen molar-refractivity contribution in [3.8, 4) is 0 Å². The van der Waals surface area contributed by atoms with Crippen molar-refractivity contribution in [3.05, 3.63) is 108 Å². The van der Waals surface area contributed by atoms with Crippen LogP contribution in [0.15, 0.2) is 89.8 Å². The summed E-state index contributed by atoms with van der Waals surface area (Å²) in [4.78, 5) is 19.7. The normalized spacial score (nSPS) is 17.2. The lowest BCUT2D eigenvalue weighted by Gasteiger charge is -2.28. The number of pyridine rings is 1. The number of carbonyl (C=O) groups excluding carboxylic acids is 1. The number of para-hydroxylation sites is 1. The number of rotatable bonds is 9. The van der Waals surface area contributed by atoms with E-state index in [1.807, 2.05) is 66.9 Å². The van der Waals surface area contributed by atoms with E-state index < -0.39 is 0 Å². The van der Waals surface area contributed by atoms with E-state index in [-0.39, 0.29) is 18.0 Å². The minimum Gasteiger partial charge on any atom is -0.467 e. The number of aromatic nitrogens is 2. The molecule has 0 unspecified atom stereocenters. The Morgan fingerprint density at radius 1 is 1.11 bits per heavy atom. The summed E-state index contributed by atoms with van der Waals surface area (Å²) in [6, 6.07) is 21.5. The van der Waals surface area contributed by atoms with Crippen molar-refractivity contribution in [2.24, 2.45) is 0 Å². The highest BCUT2D eigenvalue weighted by Gasteiger charge is 2.41. The highest BCUT2D eigenvalue weighted by atomic mass is 32.1. The molecule has 1 aliphatic heterocycles. The molecular formula is C28H29N5O2S. The summed E-state index contributed by atoms with van der Waals surface area (Å²) in [5.74, 6) is 0.834. The van der Waals surface area contributed by atoms with Gasteiger partial charge in [-0.2, -0.15) is 0 Å². The second kappa shape index (κ2) is 10.8. The van der Waals surface area contributed by atoms with Gasteiger partial charge in [0.2, 0.25) is 5.91 Å². The molecule has 3 aromatic heterocycles. The van der Waals surface area contributed by atoms with Crippen LogP contribution in [0.3, 0.4) is 0 Å². The van der Waals surface area contributed by atoms with Gasteiger partial charge in [0.05, 0.1) is 30.6 Å². The maximum absolute atomic E-state index is 12.9. The van der Waals surface area contributed by atoms with Crippen molar-refractivity contribution >= 4 is 28.9 Å². The molecule has 2 atom stereocenters. The first-order valence-electron chi connectivity index (χ1n) is 12.2. The molecule has 36 heavy (non-hydrogen) atoms. The molecule has 0 spiro atoms. The average Bonchev–Trinajstić information content (AvgIpc) is 3.65. The highest BCUT2D eigenvalue weighted by molar-refractivity contribution is 7.80. The quantitative estimate of drug-likeness (QED) is 0.313. The van der Waals surface area contributed by atoms with Crippen molar-refractivity contribution < 1.29 is 9.21 Å². The second-order valence-corrected chi connectivity index (χ2v) is 9.16. The van der Waals surface area contributed by atoms with Gasteiger partial charge in [0.25, 0.3) is 0 Å². The van der Waals surface area contributed by atoms with Crippen LogP contribution in [0.2, 0.25) is 0 Å². The van der Waals surface area contributed by atoms with E-state index in [0.717, 1.165) is 34.8 Å². The summed E-state index contributed by atoms with van der Waals surface area (Å²) >= 11 is 5.78. The molecule has 0 saturated carbocycles. The first-order valence-corrected chi connectivity index (χ1v) is 12.6. The fourth-order valence-electron chi connectivity index (χ4n) is 4.76. The summed E-state index contributed by atoms with van der Waals surface area (Å²) in [6.45, 7) is 3.17. The van der Waals surface area contributed by atoms with Gasteiger partial charge in [-0.25, -0.2) is 0 Å². The van der Waals surface area contributed by atoms with E-state index in [9.17, 15) is 4.79 Å². The van der Waals surface area contributed by atoms with Crippen LogP contribution in [0.1, 0.15) is 48.1 Å². The number of furan rings is 1. The van der Waals surface area contributed by atoms with Gasteiger partial charge in [-0.3, -0.25) is 9.78 Å². The fourth-order valence-corrected chi connectivity index (χ4v) is 5.10. The Morgan fingerprint density at radius 3 is 2.75 bits per heavy atom. The molecule has 4 heterocycles. The molecule has 0 bridgehead atoms. The summed E-state index contributed by atoms with van der Waals surface area (Å²) < 4.78 is 7.76. The number of thiocarbonyl (C=S) groups is 1. The monoisotopic (exact) mass is 499 g/mol. The third-order valence-corrected chi connectivity index (χ3v) is 6.88. The Labute approximate surface area is 216 Å². The van der Waals surface area contributed by atoms with Gasteiger partial charge >= 0.3 is 0 Å². The lowest BCUT2D eigenvalue weighted by molar-refractivity contribution is -0.116. The van der Waals surface area contributed by atoms with Crippen molar-refractivity contribution in [2.75, 3.05) is 11.9 Å². The molecule has 1 amide bonds. The number of nitrogens with zero attached hydrogens (tertiary/aromatic N) is 3. The summed E-state index contributed by atoms with van der Waals surface area (Å²) in [7, 11) is 0. The van der Waals surface area contributed by atoms with Gasteiger partial charge < -0.3 is 24.5 Å². The van der Waals surface area contributed by atoms with Gasteiger partial charge in [-0.05, 0) is 66.7 Å². The van der Waals surface area contributed by atoms with Crippen LogP contribution in [0.25, 0.3) is 0 Å². The second-order valence-electron chi connectivity index (χ2n) is 8.77. The van der Waals surface area contributed by atoms with Gasteiger partial charge in [-0.1, -0.05) is 31.2 Å². The SMILES string of the molecule is CCc1ccccc1NC(=O)CCN1C(=S)N[C@H](c2ccccn2)[C@@H]1c1cccn1Cc1ccco1. The molecule has 0 aliphatic carbocycles. The van der Waals surface area contributed by atoms with E-state index in [2.05, 4.69) is 38.1 Å². The largest absolute Gasteiger partial charge is 0.467 e. The maximum atomic E-state index is 12.9. The van der Waals surface area contributed by atoms with E-state index in [4.69, 9.17) is 16.6 Å². The molecule has 2 N–H and O–H groups in total. The minimum absolute atomic E-state index is 0.0373. The standard InChI is InChI=1S/C28H29N5O2S/c1-2-20-9-3-4-11-22(20)30-25(34)14-17-33-27(26(31-28(33)36)23-12-5-6-15-29-23)24-13-7-16-32(24)19-21-10-8-18-35-21/h3-13,15-16,18,26-27H,2,14,17,19H2,1H3,(H,30,34)(H,31,36)/t26-,27+/m1/s1. The topological polar surface area (TPSA) is 75.3 Å². The molecule has 1 saturated heterocycles. The summed E-state index contributed by atoms with van der Waals surface area (Å²) in [6.07, 6.45) is 6.69. The molecule has 1 fully saturated rings. The predicted molar refractivity (Wildman–Crippen MR) is 143 cm³/mol. The number of aryl methyl sites for hydroxylation is 1. The minimum atomic E-state index is -0.146. The molecule has 1 aliphatic rings. The van der Waals surface area contributed by atoms with Crippen LogP contribution in [-0.4, -0.2) is 32.0 Å². The summed E-state index contributed by atoms with van der Waals surface area (Å²) in [5.41, 5.74) is 3.96. The first-order chi connectivity index (χ1) is 17.6. The van der Waals surface area contributed by atoms with Crippen molar-refractivity contribution in [2.45, 2.75) is 38.4 Å². The van der Waals surface area contributed by atoms with E-state index in [1.54, 1.807) is 12.5 Å². The van der Waals surface area contributed by atoms with E-state index in [1.165, 1.54) is 0 Å². The zero-order valence-electron chi connectivity index (χ0n) is 20.1. The lowest BCUT2D eigenvalue weighted by Crippen LogP contribution is -2.33. The third kappa shape index (κ3) is 5.04. The number of nitrogens with one attached hydrogen (secondary N) is 2. The first kappa shape index (κ1) is 23.8. The van der Waals surface area contributed by atoms with Crippen LogP contribution in [0.5, 0.6) is 0 Å². The van der Waals surface area contributed by atoms with Crippen molar-refractivity contribution in [3.63, 3.8) is 0 Å². The van der Waals surface area contributed by atoms with Crippen LogP contribution in [-0.2, 0) is 17.8 Å². The Bertz CT molecular complexity index is 1320. The van der Waals surface area contributed by atoms with E-state index in [0.29, 0.717) is 24.6 Å². The molecule has 8 heteroatoms. The van der Waals surface area contributed by atoms with Crippen molar-refractivity contribution in [1.29, 1.82) is 0 Å². The zero-order valence-corrected chi connectivity index (χ0v) is 20.9. The number of hydrogen-bond donors (Lipinski definition) is 2. The maximum Gasteiger partial charge on any atom is 0.226 e. The number of hydrogen-bond acceptors (Lipinski definition) is 4. The molecule has 184 valence electrons. The molecule has 1 aromatic carbocycles. The molecule has 0 radical (unpaired) electrons. The fraction of sp³-hybridized carbons (Fsp3) is 0.250. The number of anilines is 1. The van der Waals surface area contributed by atoms with Gasteiger partial charge in [0.15, 0.2) is 5.11 Å². The Balaban J connectivity index is 1.39. The zero-order chi connectivity index (χ0) is 24.9. The molecular weight excluding hydrogens is 470 g/mol. The van der Waals surface area contributed by atoms with Crippen LogP contribution in [0.4, 0.5) is 5.69 Å². The molecule has 5 rings (SSSR count). The molecule has 7 nitrogen and oxygen atoms in total. The number of benzene rings is 1. The lowest BCUT2D eigenvalue weighted by atomic mass is 10.0. The van der Waals surface area contributed by atoms with Crippen LogP contribution in [0, 0.1) is 0 Å². The van der Waals surface area contributed by atoms with Crippen LogP contribution >= 0.6 is 12.2 Å². The summed E-state index contributed by atoms with van der Waals surface area (Å²) in [5, 5.41) is 7.15. The van der Waals surface area contributed by atoms with E-state index >= 15 is 0 Å². The van der Waals surface area contributed by atoms with Crippen LogP contribution < -0.4 is 10.6 Å². The highest BCUT2D eigenvalue weighted by Crippen LogP contribution is 2.39. The average molecular weight is 500 g/mol. The molecule has 4 aromatic rings. The smallest absolute Gasteiger partial charge is 0.226 e. The van der Waals surface area contributed by atoms with Gasteiger partial charge in [0.1, 0.15) is 5.76 Å². The predicted octanol–water partition coefficient (Wildman–Crippen LogP) is 5.09. The Hall–Kier alpha value is -3.91. The number of carbonyl (C=O) groups is 1. The van der Waals surface area contributed by atoms with Crippen molar-refractivity contribution in [1.82, 2.24) is 19.8 Å². The third-order valence-electron chi connectivity index (χ3n) is 6.52.